The standard InChI is InChI=1S/C15H16N2O2/c1-17-12-6-4-11(9-10(12)5-7-14(17)18)15(16)13-3-2-8-19-13/h2-4,6,8-9,15H,5,7,16H2,1H3. The summed E-state index contributed by atoms with van der Waals surface area (Å²) in [5.74, 6) is 0.913. The van der Waals surface area contributed by atoms with Crippen molar-refractivity contribution in [3.05, 3.63) is 53.5 Å². The number of nitrogens with zero attached hydrogens (tertiary/aromatic N) is 1. The second kappa shape index (κ2) is 4.55. The summed E-state index contributed by atoms with van der Waals surface area (Å²) in [7, 11) is 1.81. The zero-order chi connectivity index (χ0) is 13.4. The topological polar surface area (TPSA) is 59.5 Å². The van der Waals surface area contributed by atoms with Crippen molar-refractivity contribution in [2.24, 2.45) is 5.73 Å². The molecule has 1 atom stereocenters. The van der Waals surface area contributed by atoms with Crippen LogP contribution < -0.4 is 10.6 Å². The summed E-state index contributed by atoms with van der Waals surface area (Å²) in [6, 6.07) is 9.44. The lowest BCUT2D eigenvalue weighted by Crippen LogP contribution is -2.31. The zero-order valence-corrected chi connectivity index (χ0v) is 10.8. The Morgan fingerprint density at radius 2 is 2.16 bits per heavy atom. The number of hydrogen-bond donors (Lipinski definition) is 1. The van der Waals surface area contributed by atoms with E-state index in [0.717, 1.165) is 23.4 Å². The third-order valence-corrected chi connectivity index (χ3v) is 3.66. The molecule has 0 saturated heterocycles. The highest BCUT2D eigenvalue weighted by atomic mass is 16.3. The van der Waals surface area contributed by atoms with Crippen LogP contribution in [-0.4, -0.2) is 13.0 Å². The van der Waals surface area contributed by atoms with Gasteiger partial charge in [-0.1, -0.05) is 12.1 Å². The lowest BCUT2D eigenvalue weighted by atomic mass is 9.96. The molecule has 0 spiro atoms. The molecule has 1 aliphatic rings. The van der Waals surface area contributed by atoms with E-state index in [4.69, 9.17) is 10.2 Å². The largest absolute Gasteiger partial charge is 0.467 e. The molecule has 3 rings (SSSR count). The van der Waals surface area contributed by atoms with Crippen LogP contribution in [0.2, 0.25) is 0 Å². The molecule has 4 nitrogen and oxygen atoms in total. The van der Waals surface area contributed by atoms with Crippen LogP contribution in [0.4, 0.5) is 5.69 Å². The van der Waals surface area contributed by atoms with Gasteiger partial charge in [-0.05, 0) is 35.7 Å². The van der Waals surface area contributed by atoms with E-state index in [-0.39, 0.29) is 11.9 Å². The molecule has 0 aliphatic carbocycles. The molecule has 1 aromatic carbocycles. The number of hydrogen-bond acceptors (Lipinski definition) is 3. The van der Waals surface area contributed by atoms with Crippen molar-refractivity contribution in [2.45, 2.75) is 18.9 Å². The molecule has 0 radical (unpaired) electrons. The molecule has 0 bridgehead atoms. The van der Waals surface area contributed by atoms with Gasteiger partial charge in [0.2, 0.25) is 5.91 Å². The molecule has 2 aromatic rings. The summed E-state index contributed by atoms with van der Waals surface area (Å²) < 4.78 is 5.34. The van der Waals surface area contributed by atoms with Crippen molar-refractivity contribution >= 4 is 11.6 Å². The minimum absolute atomic E-state index is 0.163. The summed E-state index contributed by atoms with van der Waals surface area (Å²) in [6.07, 6.45) is 2.96. The number of fused-ring (bicyclic) bond motifs is 1. The SMILES string of the molecule is CN1C(=O)CCc2cc(C(N)c3ccco3)ccc21. The van der Waals surface area contributed by atoms with Gasteiger partial charge in [0.15, 0.2) is 0 Å². The number of amides is 1. The first kappa shape index (κ1) is 12.0. The molecule has 1 unspecified atom stereocenters. The number of carbonyl (C=O) groups is 1. The highest BCUT2D eigenvalue weighted by Crippen LogP contribution is 2.30. The minimum Gasteiger partial charge on any atom is -0.467 e. The normalized spacial score (nSPS) is 16.3. The van der Waals surface area contributed by atoms with Gasteiger partial charge in [0.05, 0.1) is 12.3 Å². The third-order valence-electron chi connectivity index (χ3n) is 3.66. The van der Waals surface area contributed by atoms with E-state index >= 15 is 0 Å². The maximum atomic E-state index is 11.6. The number of nitrogens with two attached hydrogens (primary N) is 1. The molecule has 19 heavy (non-hydrogen) atoms. The quantitative estimate of drug-likeness (QED) is 0.896. The number of aryl methyl sites for hydroxylation is 1. The van der Waals surface area contributed by atoms with Gasteiger partial charge in [-0.2, -0.15) is 0 Å². The van der Waals surface area contributed by atoms with Gasteiger partial charge in [0, 0.05) is 19.2 Å². The predicted octanol–water partition coefficient (Wildman–Crippen LogP) is 2.24. The highest BCUT2D eigenvalue weighted by molar-refractivity contribution is 5.95. The Hall–Kier alpha value is -2.07. The minimum atomic E-state index is -0.261. The van der Waals surface area contributed by atoms with Crippen LogP contribution in [0.5, 0.6) is 0 Å². The fraction of sp³-hybridized carbons (Fsp3) is 0.267. The Balaban J connectivity index is 1.96. The van der Waals surface area contributed by atoms with Gasteiger partial charge in [0.1, 0.15) is 5.76 Å². The van der Waals surface area contributed by atoms with Crippen LogP contribution in [0, 0.1) is 0 Å². The van der Waals surface area contributed by atoms with E-state index in [0.29, 0.717) is 6.42 Å². The van der Waals surface area contributed by atoms with Crippen molar-refractivity contribution in [2.75, 3.05) is 11.9 Å². The summed E-state index contributed by atoms with van der Waals surface area (Å²) >= 11 is 0. The molecule has 98 valence electrons. The third kappa shape index (κ3) is 2.04. The van der Waals surface area contributed by atoms with Gasteiger partial charge in [-0.3, -0.25) is 4.79 Å². The van der Waals surface area contributed by atoms with Crippen LogP contribution in [-0.2, 0) is 11.2 Å². The van der Waals surface area contributed by atoms with Crippen LogP contribution in [0.1, 0.15) is 29.3 Å². The molecule has 4 heteroatoms. The van der Waals surface area contributed by atoms with Gasteiger partial charge < -0.3 is 15.1 Å². The second-order valence-electron chi connectivity index (χ2n) is 4.83. The Kier molecular flexibility index (Phi) is 2.87. The lowest BCUT2D eigenvalue weighted by Gasteiger charge is -2.26. The van der Waals surface area contributed by atoms with Crippen LogP contribution in [0.3, 0.4) is 0 Å². The smallest absolute Gasteiger partial charge is 0.227 e. The summed E-state index contributed by atoms with van der Waals surface area (Å²) in [5.41, 5.74) is 9.34. The van der Waals surface area contributed by atoms with E-state index < -0.39 is 0 Å². The van der Waals surface area contributed by atoms with E-state index in [2.05, 4.69) is 6.07 Å². The van der Waals surface area contributed by atoms with E-state index in [1.54, 1.807) is 11.2 Å². The van der Waals surface area contributed by atoms with Crippen LogP contribution in [0.15, 0.2) is 41.0 Å². The first-order valence-electron chi connectivity index (χ1n) is 6.35. The number of anilines is 1. The van der Waals surface area contributed by atoms with Crippen molar-refractivity contribution < 1.29 is 9.21 Å². The van der Waals surface area contributed by atoms with Crippen molar-refractivity contribution in [1.29, 1.82) is 0 Å². The molecular weight excluding hydrogens is 240 g/mol. The number of rotatable bonds is 2. The summed E-state index contributed by atoms with van der Waals surface area (Å²) in [4.78, 5) is 13.4. The summed E-state index contributed by atoms with van der Waals surface area (Å²) in [5, 5.41) is 0. The Morgan fingerprint density at radius 3 is 2.89 bits per heavy atom. The average molecular weight is 256 g/mol. The first-order valence-corrected chi connectivity index (χ1v) is 6.35. The van der Waals surface area contributed by atoms with Crippen LogP contribution >= 0.6 is 0 Å². The van der Waals surface area contributed by atoms with Crippen molar-refractivity contribution in [3.63, 3.8) is 0 Å². The number of carbonyl (C=O) groups excluding carboxylic acids is 1. The average Bonchev–Trinajstić information content (AvgIpc) is 2.96. The molecule has 2 N–H and O–H groups in total. The second-order valence-corrected chi connectivity index (χ2v) is 4.83. The Morgan fingerprint density at radius 1 is 1.32 bits per heavy atom. The number of benzene rings is 1. The molecule has 1 aromatic heterocycles. The van der Waals surface area contributed by atoms with E-state index in [1.807, 2.05) is 31.3 Å². The monoisotopic (exact) mass is 256 g/mol. The van der Waals surface area contributed by atoms with Gasteiger partial charge >= 0.3 is 0 Å². The Labute approximate surface area is 111 Å². The Bertz CT molecular complexity index is 605. The fourth-order valence-electron chi connectivity index (χ4n) is 2.50. The lowest BCUT2D eigenvalue weighted by molar-refractivity contribution is -0.118. The fourth-order valence-corrected chi connectivity index (χ4v) is 2.50. The van der Waals surface area contributed by atoms with Crippen molar-refractivity contribution in [3.8, 4) is 0 Å². The maximum Gasteiger partial charge on any atom is 0.227 e. The zero-order valence-electron chi connectivity index (χ0n) is 10.8. The van der Waals surface area contributed by atoms with E-state index in [1.165, 1.54) is 5.56 Å². The van der Waals surface area contributed by atoms with Gasteiger partial charge in [-0.25, -0.2) is 0 Å². The van der Waals surface area contributed by atoms with Gasteiger partial charge in [-0.15, -0.1) is 0 Å². The molecule has 1 aliphatic heterocycles. The molecule has 0 saturated carbocycles. The first-order chi connectivity index (χ1) is 9.16. The molecule has 1 amide bonds. The molecule has 2 heterocycles. The van der Waals surface area contributed by atoms with Gasteiger partial charge in [0.25, 0.3) is 0 Å². The van der Waals surface area contributed by atoms with Crippen molar-refractivity contribution in [1.82, 2.24) is 0 Å². The summed E-state index contributed by atoms with van der Waals surface area (Å²) in [6.45, 7) is 0. The molecular formula is C15H16N2O2. The van der Waals surface area contributed by atoms with E-state index in [9.17, 15) is 4.79 Å². The highest BCUT2D eigenvalue weighted by Gasteiger charge is 2.22. The maximum absolute atomic E-state index is 11.6. The number of furan rings is 1. The van der Waals surface area contributed by atoms with Crippen LogP contribution in [0.25, 0.3) is 0 Å². The molecule has 0 fully saturated rings. The predicted molar refractivity (Wildman–Crippen MR) is 72.9 cm³/mol.